The Hall–Kier alpha value is -3.39. The maximum absolute atomic E-state index is 13.0. The number of benzene rings is 2. The molecule has 2 N–H and O–H groups in total. The van der Waals surface area contributed by atoms with Gasteiger partial charge in [0.15, 0.2) is 17.4 Å². The molecule has 0 saturated heterocycles. The van der Waals surface area contributed by atoms with Gasteiger partial charge in [0.05, 0.1) is 7.11 Å². The predicted molar refractivity (Wildman–Crippen MR) is 113 cm³/mol. The van der Waals surface area contributed by atoms with Crippen molar-refractivity contribution in [2.45, 2.75) is 38.0 Å². The van der Waals surface area contributed by atoms with Crippen LogP contribution in [0.5, 0.6) is 5.75 Å². The second kappa shape index (κ2) is 9.61. The molecule has 8 nitrogen and oxygen atoms in total. The molecule has 0 heterocycles. The summed E-state index contributed by atoms with van der Waals surface area (Å²) in [6.45, 7) is 1.32. The van der Waals surface area contributed by atoms with Gasteiger partial charge in [-0.2, -0.15) is 0 Å². The molecule has 1 amide bonds. The van der Waals surface area contributed by atoms with Crippen molar-refractivity contribution in [2.75, 3.05) is 12.4 Å². The number of amides is 1. The minimum atomic E-state index is -1.69. The summed E-state index contributed by atoms with van der Waals surface area (Å²) in [4.78, 5) is 43.2. The summed E-state index contributed by atoms with van der Waals surface area (Å²) < 4.78 is 5.13. The van der Waals surface area contributed by atoms with E-state index in [0.717, 1.165) is 10.6 Å². The predicted octanol–water partition coefficient (Wildman–Crippen LogP) is 2.89. The monoisotopic (exact) mass is 426 g/mol. The van der Waals surface area contributed by atoms with E-state index in [0.29, 0.717) is 30.7 Å². The molecule has 31 heavy (non-hydrogen) atoms. The molecule has 0 spiro atoms. The standard InChI is InChI=1S/C23H26N2O6/c1-16(27)23(18-8-9-18,25(15-26)31-14-17-6-4-3-5-7-17)21(22(28)29)24-19-10-12-20(30-2)13-11-19/h3-7,10-13,15,18,21,24H,8-9,14H2,1-2H3,(H,28,29)/t21-,23?/m1/s1. The Balaban J connectivity index is 1.95. The summed E-state index contributed by atoms with van der Waals surface area (Å²) in [5.74, 6) is -1.44. The van der Waals surface area contributed by atoms with Crippen molar-refractivity contribution in [1.29, 1.82) is 0 Å². The van der Waals surface area contributed by atoms with Crippen molar-refractivity contribution in [3.05, 3.63) is 60.2 Å². The largest absolute Gasteiger partial charge is 0.497 e. The van der Waals surface area contributed by atoms with Gasteiger partial charge in [0, 0.05) is 5.69 Å². The number of rotatable bonds is 12. The molecule has 0 bridgehead atoms. The summed E-state index contributed by atoms with van der Waals surface area (Å²) in [5.41, 5.74) is -0.423. The van der Waals surface area contributed by atoms with Crippen molar-refractivity contribution >= 4 is 23.9 Å². The van der Waals surface area contributed by atoms with Crippen molar-refractivity contribution < 1.29 is 29.1 Å². The van der Waals surface area contributed by atoms with Gasteiger partial charge >= 0.3 is 5.97 Å². The van der Waals surface area contributed by atoms with Crippen LogP contribution >= 0.6 is 0 Å². The Kier molecular flexibility index (Phi) is 6.91. The Morgan fingerprint density at radius 3 is 2.32 bits per heavy atom. The molecule has 1 saturated carbocycles. The molecule has 8 heteroatoms. The highest BCUT2D eigenvalue weighted by Gasteiger charge is 2.61. The first-order valence-electron chi connectivity index (χ1n) is 9.99. The average molecular weight is 426 g/mol. The summed E-state index contributed by atoms with van der Waals surface area (Å²) in [6, 6.07) is 14.4. The maximum Gasteiger partial charge on any atom is 0.329 e. The third-order valence-corrected chi connectivity index (χ3v) is 5.53. The summed E-state index contributed by atoms with van der Waals surface area (Å²) in [6.07, 6.45) is 1.63. The zero-order valence-electron chi connectivity index (χ0n) is 17.5. The van der Waals surface area contributed by atoms with E-state index < -0.39 is 23.3 Å². The SMILES string of the molecule is COc1ccc(N[C@H](C(=O)O)C(C(C)=O)(C2CC2)N(C=O)OCc2ccccc2)cc1. The number of carbonyl (C=O) groups excluding carboxylic acids is 2. The average Bonchev–Trinajstić information content (AvgIpc) is 3.62. The zero-order valence-corrected chi connectivity index (χ0v) is 17.5. The molecule has 2 atom stereocenters. The molecule has 0 aromatic heterocycles. The number of aliphatic carboxylic acids is 1. The van der Waals surface area contributed by atoms with E-state index in [1.807, 2.05) is 30.3 Å². The minimum absolute atomic E-state index is 0.0240. The van der Waals surface area contributed by atoms with Gasteiger partial charge in [0.2, 0.25) is 6.41 Å². The highest BCUT2D eigenvalue weighted by Crippen LogP contribution is 2.46. The van der Waals surface area contributed by atoms with Crippen LogP contribution in [0.2, 0.25) is 0 Å². The van der Waals surface area contributed by atoms with Crippen LogP contribution in [0.25, 0.3) is 0 Å². The van der Waals surface area contributed by atoms with Crippen LogP contribution < -0.4 is 10.1 Å². The van der Waals surface area contributed by atoms with Gasteiger partial charge < -0.3 is 15.2 Å². The van der Waals surface area contributed by atoms with E-state index >= 15 is 0 Å². The molecule has 0 aliphatic heterocycles. The molecular weight excluding hydrogens is 400 g/mol. The van der Waals surface area contributed by atoms with Gasteiger partial charge in [0.1, 0.15) is 12.4 Å². The van der Waals surface area contributed by atoms with E-state index in [-0.39, 0.29) is 12.5 Å². The lowest BCUT2D eigenvalue weighted by Gasteiger charge is -2.43. The number of methoxy groups -OCH3 is 1. The molecule has 3 rings (SSSR count). The van der Waals surface area contributed by atoms with Crippen LogP contribution in [-0.4, -0.2) is 47.0 Å². The van der Waals surface area contributed by atoms with Crippen LogP contribution in [0.1, 0.15) is 25.3 Å². The van der Waals surface area contributed by atoms with E-state index in [9.17, 15) is 19.5 Å². The number of carboxylic acids is 1. The quantitative estimate of drug-likeness (QED) is 0.397. The summed E-state index contributed by atoms with van der Waals surface area (Å²) in [7, 11) is 1.53. The fourth-order valence-electron chi connectivity index (χ4n) is 3.87. The molecular formula is C23H26N2O6. The van der Waals surface area contributed by atoms with Crippen LogP contribution in [-0.2, 0) is 25.8 Å². The first-order valence-corrected chi connectivity index (χ1v) is 9.99. The molecule has 0 radical (unpaired) electrons. The number of carboxylic acid groups (broad SMARTS) is 1. The number of nitrogens with one attached hydrogen (secondary N) is 1. The van der Waals surface area contributed by atoms with Gasteiger partial charge in [-0.15, -0.1) is 0 Å². The van der Waals surface area contributed by atoms with Crippen molar-refractivity contribution in [2.24, 2.45) is 5.92 Å². The van der Waals surface area contributed by atoms with E-state index in [1.165, 1.54) is 14.0 Å². The number of nitrogens with zero attached hydrogens (tertiary/aromatic N) is 1. The maximum atomic E-state index is 13.0. The number of hydrogen-bond acceptors (Lipinski definition) is 6. The molecule has 2 aromatic carbocycles. The molecule has 2 aromatic rings. The summed E-state index contributed by atoms with van der Waals surface area (Å²) in [5, 5.41) is 13.9. The van der Waals surface area contributed by atoms with E-state index in [1.54, 1.807) is 24.3 Å². The fourth-order valence-corrected chi connectivity index (χ4v) is 3.87. The van der Waals surface area contributed by atoms with Crippen LogP contribution in [0.4, 0.5) is 5.69 Å². The lowest BCUT2D eigenvalue weighted by atomic mass is 9.80. The van der Waals surface area contributed by atoms with Gasteiger partial charge in [0.25, 0.3) is 0 Å². The number of Topliss-reactive ketones (excluding diaryl/α,β-unsaturated/α-hetero) is 1. The Bertz CT molecular complexity index is 913. The fraction of sp³-hybridized carbons (Fsp3) is 0.348. The van der Waals surface area contributed by atoms with Crippen molar-refractivity contribution in [3.63, 3.8) is 0 Å². The number of hydrogen-bond donors (Lipinski definition) is 2. The number of anilines is 1. The van der Waals surface area contributed by atoms with Gasteiger partial charge in [-0.25, -0.2) is 9.86 Å². The second-order valence-corrected chi connectivity index (χ2v) is 7.49. The molecule has 1 aliphatic rings. The zero-order chi connectivity index (χ0) is 22.4. The molecule has 1 fully saturated rings. The number of hydroxylamine groups is 2. The third kappa shape index (κ3) is 4.69. The lowest BCUT2D eigenvalue weighted by Crippen LogP contribution is -2.67. The molecule has 1 aliphatic carbocycles. The van der Waals surface area contributed by atoms with E-state index in [4.69, 9.17) is 9.57 Å². The first kappa shape index (κ1) is 22.3. The van der Waals surface area contributed by atoms with Crippen LogP contribution in [0.15, 0.2) is 54.6 Å². The molecule has 164 valence electrons. The topological polar surface area (TPSA) is 105 Å². The normalized spacial score (nSPS) is 15.9. The van der Waals surface area contributed by atoms with Gasteiger partial charge in [-0.05, 0) is 55.5 Å². The lowest BCUT2D eigenvalue weighted by molar-refractivity contribution is -0.224. The highest BCUT2D eigenvalue weighted by atomic mass is 16.7. The van der Waals surface area contributed by atoms with Crippen molar-refractivity contribution in [3.8, 4) is 5.75 Å². The number of ether oxygens (including phenoxy) is 1. The Morgan fingerprint density at radius 2 is 1.84 bits per heavy atom. The highest BCUT2D eigenvalue weighted by molar-refractivity contribution is 5.97. The minimum Gasteiger partial charge on any atom is -0.497 e. The summed E-state index contributed by atoms with van der Waals surface area (Å²) >= 11 is 0. The smallest absolute Gasteiger partial charge is 0.329 e. The second-order valence-electron chi connectivity index (χ2n) is 7.49. The first-order chi connectivity index (χ1) is 14.9. The van der Waals surface area contributed by atoms with Crippen molar-refractivity contribution in [1.82, 2.24) is 5.06 Å². The van der Waals surface area contributed by atoms with E-state index in [2.05, 4.69) is 5.32 Å². The molecule has 1 unspecified atom stereocenters. The number of ketones is 1. The number of carbonyl (C=O) groups is 3. The van der Waals surface area contributed by atoms with Crippen LogP contribution in [0.3, 0.4) is 0 Å². The Morgan fingerprint density at radius 1 is 1.19 bits per heavy atom. The Labute approximate surface area is 180 Å². The van der Waals surface area contributed by atoms with Crippen LogP contribution in [0, 0.1) is 5.92 Å². The van der Waals surface area contributed by atoms with Gasteiger partial charge in [-0.1, -0.05) is 30.3 Å². The third-order valence-electron chi connectivity index (χ3n) is 5.53. The van der Waals surface area contributed by atoms with Gasteiger partial charge in [-0.3, -0.25) is 14.4 Å².